The zero-order valence-corrected chi connectivity index (χ0v) is 15.7. The smallest absolute Gasteiger partial charge is 0.220 e. The van der Waals surface area contributed by atoms with Crippen molar-refractivity contribution in [2.24, 2.45) is 5.92 Å². The van der Waals surface area contributed by atoms with Crippen LogP contribution in [0.15, 0.2) is 42.6 Å². The van der Waals surface area contributed by atoms with E-state index in [2.05, 4.69) is 59.9 Å². The van der Waals surface area contributed by atoms with E-state index in [-0.39, 0.29) is 5.91 Å². The van der Waals surface area contributed by atoms with Crippen LogP contribution in [0.1, 0.15) is 32.3 Å². The van der Waals surface area contributed by atoms with Gasteiger partial charge in [0.2, 0.25) is 5.91 Å². The van der Waals surface area contributed by atoms with Gasteiger partial charge in [-0.15, -0.1) is 0 Å². The van der Waals surface area contributed by atoms with Gasteiger partial charge in [-0.2, -0.15) is 0 Å². The fourth-order valence-electron chi connectivity index (χ4n) is 3.00. The van der Waals surface area contributed by atoms with Crippen LogP contribution in [0.25, 0.3) is 22.6 Å². The van der Waals surface area contributed by atoms with Crippen molar-refractivity contribution in [3.63, 3.8) is 0 Å². The average Bonchev–Trinajstić information content (AvgIpc) is 2.97. The number of carbonyl (C=O) groups is 1. The zero-order chi connectivity index (χ0) is 18.5. The van der Waals surface area contributed by atoms with Crippen LogP contribution < -0.4 is 5.32 Å². The second-order valence-corrected chi connectivity index (χ2v) is 7.10. The number of aromatic nitrogens is 3. The number of aryl methyl sites for hydroxylation is 2. The first kappa shape index (κ1) is 18.1. The number of nitrogens with one attached hydrogen (secondary N) is 1. The molecule has 0 aliphatic heterocycles. The Balaban J connectivity index is 1.77. The maximum Gasteiger partial charge on any atom is 0.220 e. The van der Waals surface area contributed by atoms with Crippen LogP contribution >= 0.6 is 0 Å². The quantitative estimate of drug-likeness (QED) is 0.656. The summed E-state index contributed by atoms with van der Waals surface area (Å²) in [5, 5.41) is 3.00. The molecular formula is C21H26N4O. The summed E-state index contributed by atoms with van der Waals surface area (Å²) in [6, 6.07) is 12.3. The lowest BCUT2D eigenvalue weighted by atomic mass is 10.1. The normalized spacial score (nSPS) is 11.2. The number of hydrogen-bond acceptors (Lipinski definition) is 3. The maximum absolute atomic E-state index is 11.8. The minimum Gasteiger partial charge on any atom is -0.356 e. The van der Waals surface area contributed by atoms with Crippen molar-refractivity contribution in [3.05, 3.63) is 48.2 Å². The lowest BCUT2D eigenvalue weighted by Gasteiger charge is -2.10. The van der Waals surface area contributed by atoms with Crippen LogP contribution in [-0.4, -0.2) is 27.0 Å². The number of nitrogens with zero attached hydrogens (tertiary/aromatic N) is 3. The van der Waals surface area contributed by atoms with Crippen LogP contribution in [-0.2, 0) is 11.3 Å². The summed E-state index contributed by atoms with van der Waals surface area (Å²) >= 11 is 0. The highest BCUT2D eigenvalue weighted by Gasteiger charge is 2.13. The molecule has 3 rings (SSSR count). The summed E-state index contributed by atoms with van der Waals surface area (Å²) in [6.45, 7) is 7.60. The molecule has 5 heteroatoms. The van der Waals surface area contributed by atoms with Crippen molar-refractivity contribution in [2.45, 2.75) is 40.2 Å². The topological polar surface area (TPSA) is 59.8 Å². The molecule has 0 atom stereocenters. The lowest BCUT2D eigenvalue weighted by Crippen LogP contribution is -2.26. The van der Waals surface area contributed by atoms with Gasteiger partial charge in [0.15, 0.2) is 5.65 Å². The van der Waals surface area contributed by atoms with Crippen molar-refractivity contribution in [3.8, 4) is 11.4 Å². The van der Waals surface area contributed by atoms with Gasteiger partial charge in [-0.05, 0) is 31.4 Å². The van der Waals surface area contributed by atoms with E-state index in [1.807, 2.05) is 12.1 Å². The van der Waals surface area contributed by atoms with Crippen molar-refractivity contribution in [2.75, 3.05) is 6.54 Å². The van der Waals surface area contributed by atoms with Gasteiger partial charge in [-0.3, -0.25) is 4.79 Å². The molecule has 2 heterocycles. The van der Waals surface area contributed by atoms with Crippen molar-refractivity contribution < 1.29 is 4.79 Å². The van der Waals surface area contributed by atoms with Crippen molar-refractivity contribution >= 4 is 17.1 Å². The first-order valence-corrected chi connectivity index (χ1v) is 9.19. The minimum absolute atomic E-state index is 0.118. The molecule has 0 spiro atoms. The third-order valence-electron chi connectivity index (χ3n) is 4.29. The molecule has 3 aromatic rings. The minimum atomic E-state index is 0.118. The Hall–Kier alpha value is -2.69. The Morgan fingerprint density at radius 2 is 1.96 bits per heavy atom. The Bertz CT molecular complexity index is 881. The number of hydrogen-bond donors (Lipinski definition) is 1. The van der Waals surface area contributed by atoms with Crippen molar-refractivity contribution in [1.82, 2.24) is 19.9 Å². The third kappa shape index (κ3) is 4.28. The predicted molar refractivity (Wildman–Crippen MR) is 105 cm³/mol. The monoisotopic (exact) mass is 350 g/mol. The molecule has 26 heavy (non-hydrogen) atoms. The van der Waals surface area contributed by atoms with Gasteiger partial charge in [-0.25, -0.2) is 9.97 Å². The molecule has 0 aliphatic rings. The molecule has 136 valence electrons. The van der Waals surface area contributed by atoms with Crippen LogP contribution in [0.2, 0.25) is 0 Å². The molecule has 0 radical (unpaired) electrons. The van der Waals surface area contributed by atoms with Gasteiger partial charge in [0, 0.05) is 31.3 Å². The number of imidazole rings is 1. The van der Waals surface area contributed by atoms with E-state index in [0.29, 0.717) is 18.9 Å². The second kappa shape index (κ2) is 8.13. The highest BCUT2D eigenvalue weighted by atomic mass is 16.1. The molecule has 0 bridgehead atoms. The van der Waals surface area contributed by atoms with Gasteiger partial charge >= 0.3 is 0 Å². The Morgan fingerprint density at radius 3 is 2.69 bits per heavy atom. The Morgan fingerprint density at radius 1 is 1.19 bits per heavy atom. The molecule has 0 aliphatic carbocycles. The molecule has 1 amide bonds. The van der Waals surface area contributed by atoms with Gasteiger partial charge in [0.25, 0.3) is 0 Å². The number of benzene rings is 1. The number of amides is 1. The van der Waals surface area contributed by atoms with E-state index in [9.17, 15) is 4.79 Å². The zero-order valence-electron chi connectivity index (χ0n) is 15.7. The lowest BCUT2D eigenvalue weighted by molar-refractivity contribution is -0.121. The molecule has 0 unspecified atom stereocenters. The highest BCUT2D eigenvalue weighted by molar-refractivity contribution is 5.77. The second-order valence-electron chi connectivity index (χ2n) is 7.10. The molecule has 0 fully saturated rings. The number of carbonyl (C=O) groups excluding carboxylic acids is 1. The fraction of sp³-hybridized carbons (Fsp3) is 0.381. The Labute approximate surface area is 154 Å². The molecule has 1 aromatic carbocycles. The molecule has 5 nitrogen and oxygen atoms in total. The molecule has 0 saturated heterocycles. The van der Waals surface area contributed by atoms with Gasteiger partial charge < -0.3 is 9.88 Å². The van der Waals surface area contributed by atoms with Crippen LogP contribution in [0.4, 0.5) is 0 Å². The highest BCUT2D eigenvalue weighted by Crippen LogP contribution is 2.24. The molecule has 1 N–H and O–H groups in total. The maximum atomic E-state index is 11.8. The number of pyridine rings is 1. The number of rotatable bonds is 7. The molecule has 0 saturated carbocycles. The largest absolute Gasteiger partial charge is 0.356 e. The third-order valence-corrected chi connectivity index (χ3v) is 4.29. The van der Waals surface area contributed by atoms with Gasteiger partial charge in [-0.1, -0.05) is 43.7 Å². The summed E-state index contributed by atoms with van der Waals surface area (Å²) in [4.78, 5) is 21.1. The summed E-state index contributed by atoms with van der Waals surface area (Å²) in [6.07, 6.45) is 3.21. The summed E-state index contributed by atoms with van der Waals surface area (Å²) in [7, 11) is 0. The van der Waals surface area contributed by atoms with Gasteiger partial charge in [0.05, 0.1) is 0 Å². The van der Waals surface area contributed by atoms with Crippen LogP contribution in [0.3, 0.4) is 0 Å². The van der Waals surface area contributed by atoms with Crippen LogP contribution in [0.5, 0.6) is 0 Å². The average molecular weight is 350 g/mol. The standard InChI is InChI=1S/C21H26N4O/c1-15(2)14-19(26)22-12-5-13-25-20(17-9-7-16(3)8-10-17)24-18-6-4-11-23-21(18)25/h4,6-11,15H,5,12-14H2,1-3H3,(H,22,26). The fourth-order valence-corrected chi connectivity index (χ4v) is 3.00. The summed E-state index contributed by atoms with van der Waals surface area (Å²) < 4.78 is 2.15. The predicted octanol–water partition coefficient (Wildman–Crippen LogP) is 3.96. The first-order chi connectivity index (χ1) is 12.5. The number of fused-ring (bicyclic) bond motifs is 1. The first-order valence-electron chi connectivity index (χ1n) is 9.19. The van der Waals surface area contributed by atoms with E-state index in [1.54, 1.807) is 6.20 Å². The van der Waals surface area contributed by atoms with E-state index in [0.717, 1.165) is 35.5 Å². The molecule has 2 aromatic heterocycles. The van der Waals surface area contributed by atoms with E-state index in [1.165, 1.54) is 5.56 Å². The SMILES string of the molecule is Cc1ccc(-c2nc3cccnc3n2CCCNC(=O)CC(C)C)cc1. The van der Waals surface area contributed by atoms with Crippen molar-refractivity contribution in [1.29, 1.82) is 0 Å². The van der Waals surface area contributed by atoms with E-state index >= 15 is 0 Å². The van der Waals surface area contributed by atoms with Crippen LogP contribution in [0, 0.1) is 12.8 Å². The van der Waals surface area contributed by atoms with Gasteiger partial charge in [0.1, 0.15) is 11.3 Å². The Kier molecular flexibility index (Phi) is 5.66. The molecular weight excluding hydrogens is 324 g/mol. The summed E-state index contributed by atoms with van der Waals surface area (Å²) in [5.41, 5.74) is 4.09. The van der Waals surface area contributed by atoms with E-state index < -0.39 is 0 Å². The van der Waals surface area contributed by atoms with E-state index in [4.69, 9.17) is 4.98 Å². The summed E-state index contributed by atoms with van der Waals surface area (Å²) in [5.74, 6) is 1.42.